The summed E-state index contributed by atoms with van der Waals surface area (Å²) in [6, 6.07) is 15.4. The maximum absolute atomic E-state index is 6.19. The van der Waals surface area contributed by atoms with Crippen LogP contribution in [0.15, 0.2) is 48.5 Å². The maximum atomic E-state index is 6.19. The number of aryl methyl sites for hydroxylation is 1. The first-order valence-electron chi connectivity index (χ1n) is 6.70. The van der Waals surface area contributed by atoms with Gasteiger partial charge in [0.25, 0.3) is 0 Å². The molecule has 3 aromatic rings. The van der Waals surface area contributed by atoms with E-state index in [2.05, 4.69) is 4.98 Å². The van der Waals surface area contributed by atoms with E-state index in [-0.39, 0.29) is 0 Å². The second-order valence-electron chi connectivity index (χ2n) is 4.88. The average Bonchev–Trinajstić information content (AvgIpc) is 2.49. The molecule has 21 heavy (non-hydrogen) atoms. The van der Waals surface area contributed by atoms with Crippen LogP contribution in [0.4, 0.5) is 0 Å². The lowest BCUT2D eigenvalue weighted by atomic mass is 10.1. The van der Waals surface area contributed by atoms with Gasteiger partial charge >= 0.3 is 0 Å². The molecule has 0 bridgehead atoms. The molecule has 1 heterocycles. The summed E-state index contributed by atoms with van der Waals surface area (Å²) in [4.78, 5) is 4.51. The predicted molar refractivity (Wildman–Crippen MR) is 85.9 cm³/mol. The van der Waals surface area contributed by atoms with E-state index in [1.165, 1.54) is 0 Å². The monoisotopic (exact) mass is 298 g/mol. The minimum atomic E-state index is 0.432. The first-order chi connectivity index (χ1) is 10.2. The number of aromatic nitrogens is 1. The van der Waals surface area contributed by atoms with Gasteiger partial charge in [-0.05, 0) is 36.2 Å². The topological polar surface area (TPSA) is 48.1 Å². The fraction of sp³-hybridized carbons (Fsp3) is 0.118. The minimum absolute atomic E-state index is 0.432. The number of benzene rings is 2. The number of pyridine rings is 1. The van der Waals surface area contributed by atoms with Gasteiger partial charge in [-0.3, -0.25) is 0 Å². The average molecular weight is 299 g/mol. The van der Waals surface area contributed by atoms with Crippen molar-refractivity contribution >= 4 is 22.5 Å². The quantitative estimate of drug-likeness (QED) is 0.777. The standard InChI is InChI=1S/C17H15ClN2O/c1-11-6-7-16(14(18)8-11)21-17-9-12(10-19)13-4-2-3-5-15(13)20-17/h2-9H,10,19H2,1H3. The largest absolute Gasteiger partial charge is 0.437 e. The lowest BCUT2D eigenvalue weighted by Gasteiger charge is -2.10. The fourth-order valence-corrected chi connectivity index (χ4v) is 2.52. The van der Waals surface area contributed by atoms with Crippen molar-refractivity contribution < 1.29 is 4.74 Å². The first-order valence-corrected chi connectivity index (χ1v) is 7.08. The van der Waals surface area contributed by atoms with Crippen LogP contribution in [0.3, 0.4) is 0 Å². The molecule has 106 valence electrons. The van der Waals surface area contributed by atoms with Crippen molar-refractivity contribution in [3.8, 4) is 11.6 Å². The van der Waals surface area contributed by atoms with E-state index >= 15 is 0 Å². The second-order valence-corrected chi connectivity index (χ2v) is 5.28. The number of nitrogens with zero attached hydrogens (tertiary/aromatic N) is 1. The number of hydrogen-bond donors (Lipinski definition) is 1. The Bertz CT molecular complexity index is 802. The van der Waals surface area contributed by atoms with Crippen LogP contribution < -0.4 is 10.5 Å². The van der Waals surface area contributed by atoms with E-state index in [1.54, 1.807) is 0 Å². The molecule has 3 rings (SSSR count). The van der Waals surface area contributed by atoms with Crippen LogP contribution in [0.1, 0.15) is 11.1 Å². The molecule has 0 radical (unpaired) electrons. The highest BCUT2D eigenvalue weighted by molar-refractivity contribution is 6.32. The van der Waals surface area contributed by atoms with Crippen molar-refractivity contribution in [1.82, 2.24) is 4.98 Å². The SMILES string of the molecule is Cc1ccc(Oc2cc(CN)c3ccccc3n2)c(Cl)c1. The summed E-state index contributed by atoms with van der Waals surface area (Å²) in [7, 11) is 0. The Labute approximate surface area is 128 Å². The van der Waals surface area contributed by atoms with Crippen molar-refractivity contribution in [2.75, 3.05) is 0 Å². The van der Waals surface area contributed by atoms with E-state index in [4.69, 9.17) is 22.1 Å². The second kappa shape index (κ2) is 5.72. The van der Waals surface area contributed by atoms with Crippen LogP contribution in [-0.4, -0.2) is 4.98 Å². The Balaban J connectivity index is 2.04. The van der Waals surface area contributed by atoms with Crippen LogP contribution >= 0.6 is 11.6 Å². The molecule has 0 fully saturated rings. The van der Waals surface area contributed by atoms with E-state index in [9.17, 15) is 0 Å². The maximum Gasteiger partial charge on any atom is 0.220 e. The molecule has 0 spiro atoms. The van der Waals surface area contributed by atoms with E-state index in [0.717, 1.165) is 22.0 Å². The van der Waals surface area contributed by atoms with Gasteiger partial charge in [0.05, 0.1) is 10.5 Å². The van der Waals surface area contributed by atoms with Crippen LogP contribution in [0.2, 0.25) is 5.02 Å². The molecule has 3 nitrogen and oxygen atoms in total. The van der Waals surface area contributed by atoms with Crippen molar-refractivity contribution in [2.24, 2.45) is 5.73 Å². The van der Waals surface area contributed by atoms with Gasteiger partial charge in [-0.15, -0.1) is 0 Å². The number of ether oxygens (including phenoxy) is 1. The third-order valence-corrected chi connectivity index (χ3v) is 3.60. The van der Waals surface area contributed by atoms with Gasteiger partial charge in [0.1, 0.15) is 5.75 Å². The summed E-state index contributed by atoms with van der Waals surface area (Å²) < 4.78 is 5.82. The van der Waals surface area contributed by atoms with E-state index < -0.39 is 0 Å². The van der Waals surface area contributed by atoms with Gasteiger partial charge in [-0.1, -0.05) is 35.9 Å². The van der Waals surface area contributed by atoms with Crippen molar-refractivity contribution in [2.45, 2.75) is 13.5 Å². The molecule has 0 aliphatic heterocycles. The Morgan fingerprint density at radius 2 is 1.95 bits per heavy atom. The summed E-state index contributed by atoms with van der Waals surface area (Å²) >= 11 is 6.19. The first kappa shape index (κ1) is 13.9. The van der Waals surface area contributed by atoms with Gasteiger partial charge in [-0.2, -0.15) is 0 Å². The van der Waals surface area contributed by atoms with Gasteiger partial charge in [0, 0.05) is 18.0 Å². The van der Waals surface area contributed by atoms with E-state index in [0.29, 0.717) is 23.2 Å². The molecule has 0 atom stereocenters. The lowest BCUT2D eigenvalue weighted by molar-refractivity contribution is 0.464. The smallest absolute Gasteiger partial charge is 0.220 e. The summed E-state index contributed by atoms with van der Waals surface area (Å²) in [5.74, 6) is 1.09. The zero-order valence-corrected chi connectivity index (χ0v) is 12.4. The van der Waals surface area contributed by atoms with Crippen LogP contribution in [0.5, 0.6) is 11.6 Å². The van der Waals surface area contributed by atoms with Crippen molar-refractivity contribution in [3.05, 3.63) is 64.7 Å². The number of halogens is 1. The minimum Gasteiger partial charge on any atom is -0.437 e. The van der Waals surface area contributed by atoms with E-state index in [1.807, 2.05) is 55.5 Å². The summed E-state index contributed by atoms with van der Waals surface area (Å²) in [5.41, 5.74) is 8.76. The molecule has 2 aromatic carbocycles. The number of rotatable bonds is 3. The summed E-state index contributed by atoms with van der Waals surface area (Å²) in [6.07, 6.45) is 0. The Morgan fingerprint density at radius 3 is 2.71 bits per heavy atom. The van der Waals surface area contributed by atoms with Gasteiger partial charge in [-0.25, -0.2) is 4.98 Å². The Morgan fingerprint density at radius 1 is 1.14 bits per heavy atom. The van der Waals surface area contributed by atoms with Crippen molar-refractivity contribution in [1.29, 1.82) is 0 Å². The number of fused-ring (bicyclic) bond motifs is 1. The van der Waals surface area contributed by atoms with Crippen LogP contribution in [-0.2, 0) is 6.54 Å². The highest BCUT2D eigenvalue weighted by atomic mass is 35.5. The van der Waals surface area contributed by atoms with Gasteiger partial charge in [0.15, 0.2) is 0 Å². The molecule has 0 aliphatic carbocycles. The molecular weight excluding hydrogens is 284 g/mol. The third kappa shape index (κ3) is 2.84. The molecule has 0 amide bonds. The summed E-state index contributed by atoms with van der Waals surface area (Å²) in [6.45, 7) is 2.41. The molecule has 0 saturated heterocycles. The fourth-order valence-electron chi connectivity index (χ4n) is 2.24. The zero-order chi connectivity index (χ0) is 14.8. The van der Waals surface area contributed by atoms with Gasteiger partial charge in [0.2, 0.25) is 5.88 Å². The summed E-state index contributed by atoms with van der Waals surface area (Å²) in [5, 5.41) is 1.61. The van der Waals surface area contributed by atoms with Crippen LogP contribution in [0.25, 0.3) is 10.9 Å². The molecule has 1 aromatic heterocycles. The van der Waals surface area contributed by atoms with Crippen molar-refractivity contribution in [3.63, 3.8) is 0 Å². The third-order valence-electron chi connectivity index (χ3n) is 3.30. The zero-order valence-electron chi connectivity index (χ0n) is 11.6. The van der Waals surface area contributed by atoms with Crippen LogP contribution in [0, 0.1) is 6.92 Å². The van der Waals surface area contributed by atoms with Gasteiger partial charge < -0.3 is 10.5 Å². The molecule has 2 N–H and O–H groups in total. The molecular formula is C17H15ClN2O. The number of para-hydroxylation sites is 1. The highest BCUT2D eigenvalue weighted by Crippen LogP contribution is 2.31. The number of nitrogens with two attached hydrogens (primary N) is 1. The molecule has 0 unspecified atom stereocenters. The molecule has 4 heteroatoms. The normalized spacial score (nSPS) is 10.8. The highest BCUT2D eigenvalue weighted by Gasteiger charge is 2.08. The number of hydrogen-bond acceptors (Lipinski definition) is 3. The Hall–Kier alpha value is -2.10. The predicted octanol–water partition coefficient (Wildman–Crippen LogP) is 4.45. The molecule has 0 saturated carbocycles. The molecule has 0 aliphatic rings. The Kier molecular flexibility index (Phi) is 3.78. The lowest BCUT2D eigenvalue weighted by Crippen LogP contribution is -2.00.